The van der Waals surface area contributed by atoms with Crippen molar-refractivity contribution in [3.8, 4) is 0 Å². The molecule has 0 aromatic heterocycles. The molecule has 0 bridgehead atoms. The molecule has 0 spiro atoms. The topological polar surface area (TPSA) is 17.1 Å². The van der Waals surface area contributed by atoms with E-state index in [4.69, 9.17) is 0 Å². The standard InChI is InChI=1S/C11H18O/c1-2-6-11(12)9-10-7-4-3-5-8-10/h7H,2-6,8-9H2,1H3. The summed E-state index contributed by atoms with van der Waals surface area (Å²) in [7, 11) is 0. The summed E-state index contributed by atoms with van der Waals surface area (Å²) in [5.41, 5.74) is 1.39. The van der Waals surface area contributed by atoms with E-state index in [1.165, 1.54) is 24.8 Å². The molecule has 0 unspecified atom stereocenters. The van der Waals surface area contributed by atoms with Crippen LogP contribution in [0.15, 0.2) is 11.6 Å². The number of ketones is 1. The molecule has 0 saturated carbocycles. The number of allylic oxidation sites excluding steroid dienone is 2. The Hall–Kier alpha value is -0.590. The highest BCUT2D eigenvalue weighted by Crippen LogP contribution is 2.20. The smallest absolute Gasteiger partial charge is 0.136 e. The first-order chi connectivity index (χ1) is 5.83. The molecule has 0 fully saturated rings. The molecular formula is C11H18O. The zero-order valence-electron chi connectivity index (χ0n) is 7.94. The normalized spacial score (nSPS) is 17.2. The molecule has 12 heavy (non-hydrogen) atoms. The third-order valence-electron chi connectivity index (χ3n) is 2.34. The van der Waals surface area contributed by atoms with Crippen molar-refractivity contribution in [2.75, 3.05) is 0 Å². The van der Waals surface area contributed by atoms with Crippen molar-refractivity contribution in [2.24, 2.45) is 0 Å². The Bertz CT molecular complexity index is 179. The van der Waals surface area contributed by atoms with Crippen LogP contribution in [0.1, 0.15) is 51.9 Å². The maximum absolute atomic E-state index is 11.3. The number of hydrogen-bond acceptors (Lipinski definition) is 1. The average molecular weight is 166 g/mol. The van der Waals surface area contributed by atoms with E-state index in [2.05, 4.69) is 13.0 Å². The van der Waals surface area contributed by atoms with Crippen molar-refractivity contribution in [1.82, 2.24) is 0 Å². The molecule has 1 aliphatic rings. The third-order valence-corrected chi connectivity index (χ3v) is 2.34. The van der Waals surface area contributed by atoms with Crippen LogP contribution in [-0.2, 0) is 4.79 Å². The largest absolute Gasteiger partial charge is 0.299 e. The lowest BCUT2D eigenvalue weighted by Gasteiger charge is -2.11. The van der Waals surface area contributed by atoms with Gasteiger partial charge in [-0.15, -0.1) is 0 Å². The molecule has 0 aromatic rings. The Kier molecular flexibility index (Phi) is 4.06. The maximum atomic E-state index is 11.3. The second-order valence-corrected chi connectivity index (χ2v) is 3.57. The van der Waals surface area contributed by atoms with Gasteiger partial charge < -0.3 is 0 Å². The number of rotatable bonds is 4. The van der Waals surface area contributed by atoms with Gasteiger partial charge in [-0.3, -0.25) is 4.79 Å². The van der Waals surface area contributed by atoms with Crippen molar-refractivity contribution in [3.05, 3.63) is 11.6 Å². The van der Waals surface area contributed by atoms with Crippen LogP contribution in [0, 0.1) is 0 Å². The Labute approximate surface area is 74.9 Å². The Balaban J connectivity index is 2.29. The molecule has 0 saturated heterocycles. The Morgan fingerprint density at radius 2 is 2.33 bits per heavy atom. The van der Waals surface area contributed by atoms with Crippen molar-refractivity contribution < 1.29 is 4.79 Å². The summed E-state index contributed by atoms with van der Waals surface area (Å²) < 4.78 is 0. The minimum Gasteiger partial charge on any atom is -0.299 e. The molecule has 0 aliphatic heterocycles. The molecule has 0 heterocycles. The summed E-state index contributed by atoms with van der Waals surface area (Å²) in [4.78, 5) is 11.3. The number of hydrogen-bond donors (Lipinski definition) is 0. The van der Waals surface area contributed by atoms with Crippen molar-refractivity contribution in [2.45, 2.75) is 51.9 Å². The number of carbonyl (C=O) groups is 1. The van der Waals surface area contributed by atoms with Gasteiger partial charge in [0.1, 0.15) is 5.78 Å². The van der Waals surface area contributed by atoms with Crippen LogP contribution in [-0.4, -0.2) is 5.78 Å². The van der Waals surface area contributed by atoms with E-state index in [-0.39, 0.29) is 0 Å². The Morgan fingerprint density at radius 1 is 1.50 bits per heavy atom. The molecule has 0 aromatic carbocycles. The molecule has 0 N–H and O–H groups in total. The summed E-state index contributed by atoms with van der Waals surface area (Å²) in [6.07, 6.45) is 9.69. The predicted molar refractivity (Wildman–Crippen MR) is 51.1 cm³/mol. The molecular weight excluding hydrogens is 148 g/mol. The van der Waals surface area contributed by atoms with Crippen LogP contribution in [0.4, 0.5) is 0 Å². The number of Topliss-reactive ketones (excluding diaryl/α,β-unsaturated/α-hetero) is 1. The lowest BCUT2D eigenvalue weighted by molar-refractivity contribution is -0.118. The monoisotopic (exact) mass is 166 g/mol. The van der Waals surface area contributed by atoms with Gasteiger partial charge in [0.15, 0.2) is 0 Å². The molecule has 68 valence electrons. The van der Waals surface area contributed by atoms with E-state index in [0.29, 0.717) is 5.78 Å². The Morgan fingerprint density at radius 3 is 2.92 bits per heavy atom. The first-order valence-electron chi connectivity index (χ1n) is 5.02. The van der Waals surface area contributed by atoms with E-state index < -0.39 is 0 Å². The molecule has 0 atom stereocenters. The van der Waals surface area contributed by atoms with Gasteiger partial charge in [0, 0.05) is 12.8 Å². The van der Waals surface area contributed by atoms with Crippen molar-refractivity contribution in [3.63, 3.8) is 0 Å². The minimum absolute atomic E-state index is 0.422. The minimum atomic E-state index is 0.422. The SMILES string of the molecule is CCCC(=O)CC1=CCCCC1. The molecule has 0 radical (unpaired) electrons. The van der Waals surface area contributed by atoms with Gasteiger partial charge >= 0.3 is 0 Å². The van der Waals surface area contributed by atoms with Gasteiger partial charge in [-0.05, 0) is 32.1 Å². The maximum Gasteiger partial charge on any atom is 0.136 e. The van der Waals surface area contributed by atoms with Crippen LogP contribution in [0.3, 0.4) is 0 Å². The lowest BCUT2D eigenvalue weighted by Crippen LogP contribution is -2.01. The summed E-state index contributed by atoms with van der Waals surface area (Å²) in [5.74, 6) is 0.422. The second-order valence-electron chi connectivity index (χ2n) is 3.57. The molecule has 0 amide bonds. The summed E-state index contributed by atoms with van der Waals surface area (Å²) in [5, 5.41) is 0. The predicted octanol–water partition coefficient (Wildman–Crippen LogP) is 3.25. The first kappa shape index (κ1) is 9.50. The fourth-order valence-corrected chi connectivity index (χ4v) is 1.69. The molecule has 1 nitrogen and oxygen atoms in total. The van der Waals surface area contributed by atoms with Crippen LogP contribution >= 0.6 is 0 Å². The van der Waals surface area contributed by atoms with Crippen LogP contribution < -0.4 is 0 Å². The highest BCUT2D eigenvalue weighted by molar-refractivity contribution is 5.80. The van der Waals surface area contributed by atoms with Crippen LogP contribution in [0.25, 0.3) is 0 Å². The zero-order valence-corrected chi connectivity index (χ0v) is 7.94. The summed E-state index contributed by atoms with van der Waals surface area (Å²) in [6.45, 7) is 2.06. The highest BCUT2D eigenvalue weighted by atomic mass is 16.1. The second kappa shape index (κ2) is 5.13. The van der Waals surface area contributed by atoms with Gasteiger partial charge in [0.25, 0.3) is 0 Å². The van der Waals surface area contributed by atoms with Crippen LogP contribution in [0.5, 0.6) is 0 Å². The summed E-state index contributed by atoms with van der Waals surface area (Å²) in [6, 6.07) is 0. The van der Waals surface area contributed by atoms with E-state index >= 15 is 0 Å². The molecule has 1 rings (SSSR count). The average Bonchev–Trinajstić information content (AvgIpc) is 2.06. The molecule has 1 heteroatoms. The van der Waals surface area contributed by atoms with E-state index in [1.54, 1.807) is 0 Å². The van der Waals surface area contributed by atoms with E-state index in [1.807, 2.05) is 0 Å². The molecule has 1 aliphatic carbocycles. The van der Waals surface area contributed by atoms with Crippen molar-refractivity contribution in [1.29, 1.82) is 0 Å². The first-order valence-corrected chi connectivity index (χ1v) is 5.02. The van der Waals surface area contributed by atoms with Crippen molar-refractivity contribution >= 4 is 5.78 Å². The zero-order chi connectivity index (χ0) is 8.81. The van der Waals surface area contributed by atoms with Crippen LogP contribution in [0.2, 0.25) is 0 Å². The van der Waals surface area contributed by atoms with Gasteiger partial charge in [-0.1, -0.05) is 18.6 Å². The van der Waals surface area contributed by atoms with E-state index in [0.717, 1.165) is 25.7 Å². The highest BCUT2D eigenvalue weighted by Gasteiger charge is 2.07. The quantitative estimate of drug-likeness (QED) is 0.586. The van der Waals surface area contributed by atoms with Gasteiger partial charge in [-0.2, -0.15) is 0 Å². The fourth-order valence-electron chi connectivity index (χ4n) is 1.69. The van der Waals surface area contributed by atoms with Gasteiger partial charge in [-0.25, -0.2) is 0 Å². The lowest BCUT2D eigenvalue weighted by atomic mass is 9.95. The summed E-state index contributed by atoms with van der Waals surface area (Å²) >= 11 is 0. The van der Waals surface area contributed by atoms with Gasteiger partial charge in [0.2, 0.25) is 0 Å². The fraction of sp³-hybridized carbons (Fsp3) is 0.727. The number of carbonyl (C=O) groups excluding carboxylic acids is 1. The van der Waals surface area contributed by atoms with Gasteiger partial charge in [0.05, 0.1) is 0 Å². The third kappa shape index (κ3) is 3.21. The van der Waals surface area contributed by atoms with E-state index in [9.17, 15) is 4.79 Å².